The van der Waals surface area contributed by atoms with Crippen LogP contribution in [0.1, 0.15) is 5.69 Å². The number of pyridine rings is 1. The van der Waals surface area contributed by atoms with Crippen molar-refractivity contribution in [3.05, 3.63) is 54.5 Å². The van der Waals surface area contributed by atoms with Gasteiger partial charge >= 0.3 is 12.1 Å². The molecule has 3 N–H and O–H groups in total. The topological polar surface area (TPSA) is 128 Å². The van der Waals surface area contributed by atoms with Crippen molar-refractivity contribution >= 4 is 16.0 Å². The first-order valence-electron chi connectivity index (χ1n) is 7.92. The van der Waals surface area contributed by atoms with Gasteiger partial charge in [-0.05, 0) is 29.8 Å². The van der Waals surface area contributed by atoms with Gasteiger partial charge in [-0.3, -0.25) is 9.78 Å². The number of carbonyl (C=O) groups is 1. The molecular formula is C17H13F3N4O4S. The van der Waals surface area contributed by atoms with Gasteiger partial charge in [0.2, 0.25) is 10.0 Å². The van der Waals surface area contributed by atoms with Gasteiger partial charge in [0.1, 0.15) is 12.2 Å². The molecule has 0 aliphatic rings. The third-order valence-electron chi connectivity index (χ3n) is 3.93. The molecule has 0 radical (unpaired) electrons. The van der Waals surface area contributed by atoms with Gasteiger partial charge in [-0.15, -0.1) is 0 Å². The number of carboxylic acids is 1. The minimum absolute atomic E-state index is 0.00632. The average Bonchev–Trinajstić information content (AvgIpc) is 3.00. The quantitative estimate of drug-likeness (QED) is 0.645. The highest BCUT2D eigenvalue weighted by atomic mass is 32.2. The van der Waals surface area contributed by atoms with Crippen molar-refractivity contribution in [1.29, 1.82) is 0 Å². The predicted octanol–water partition coefficient (Wildman–Crippen LogP) is 2.36. The van der Waals surface area contributed by atoms with Crippen molar-refractivity contribution in [2.24, 2.45) is 5.14 Å². The van der Waals surface area contributed by atoms with Crippen LogP contribution in [-0.2, 0) is 27.5 Å². The highest BCUT2D eigenvalue weighted by molar-refractivity contribution is 7.89. The Morgan fingerprint density at radius 3 is 2.14 bits per heavy atom. The number of nitrogens with zero attached hydrogens (tertiary/aromatic N) is 3. The first kappa shape index (κ1) is 20.5. The number of alkyl halides is 3. The van der Waals surface area contributed by atoms with Gasteiger partial charge in [0, 0.05) is 23.5 Å². The van der Waals surface area contributed by atoms with E-state index < -0.39 is 34.4 Å². The molecule has 12 heteroatoms. The van der Waals surface area contributed by atoms with E-state index in [1.807, 2.05) is 0 Å². The molecule has 152 valence electrons. The fraction of sp³-hybridized carbons (Fsp3) is 0.118. The molecule has 0 aliphatic carbocycles. The second-order valence-corrected chi connectivity index (χ2v) is 7.49. The number of hydrogen-bond donors (Lipinski definition) is 2. The number of sulfonamides is 1. The molecule has 0 fully saturated rings. The fourth-order valence-corrected chi connectivity index (χ4v) is 3.30. The number of hydrogen-bond acceptors (Lipinski definition) is 5. The summed E-state index contributed by atoms with van der Waals surface area (Å²) in [6.07, 6.45) is -2.22. The molecular weight excluding hydrogens is 413 g/mol. The Labute approximate surface area is 162 Å². The van der Waals surface area contributed by atoms with E-state index in [-0.39, 0.29) is 27.3 Å². The van der Waals surface area contributed by atoms with Crippen LogP contribution in [0, 0.1) is 0 Å². The van der Waals surface area contributed by atoms with Gasteiger partial charge in [-0.2, -0.15) is 18.3 Å². The lowest BCUT2D eigenvalue weighted by atomic mass is 9.99. The van der Waals surface area contributed by atoms with Crippen LogP contribution in [0.25, 0.3) is 22.4 Å². The Bertz CT molecular complexity index is 1160. The van der Waals surface area contributed by atoms with E-state index in [4.69, 9.17) is 10.2 Å². The van der Waals surface area contributed by atoms with Crippen LogP contribution in [0.4, 0.5) is 13.2 Å². The van der Waals surface area contributed by atoms with Gasteiger partial charge in [-0.25, -0.2) is 18.2 Å². The summed E-state index contributed by atoms with van der Waals surface area (Å²) in [5.41, 5.74) is -1.50. The fourth-order valence-electron chi connectivity index (χ4n) is 2.79. The van der Waals surface area contributed by atoms with E-state index in [0.29, 0.717) is 4.68 Å². The number of nitrogens with two attached hydrogens (primary N) is 1. The van der Waals surface area contributed by atoms with Crippen LogP contribution in [0.3, 0.4) is 0 Å². The number of aromatic nitrogens is 3. The number of carboxylic acid groups (broad SMARTS) is 1. The summed E-state index contributed by atoms with van der Waals surface area (Å²) in [5, 5.41) is 17.9. The predicted molar refractivity (Wildman–Crippen MR) is 94.9 cm³/mol. The second kappa shape index (κ2) is 7.29. The van der Waals surface area contributed by atoms with Crippen molar-refractivity contribution in [2.75, 3.05) is 0 Å². The van der Waals surface area contributed by atoms with Crippen LogP contribution in [0.2, 0.25) is 0 Å². The Kier molecular flexibility index (Phi) is 5.15. The zero-order valence-electron chi connectivity index (χ0n) is 14.5. The van der Waals surface area contributed by atoms with Gasteiger partial charge in [-0.1, -0.05) is 12.1 Å². The number of halogens is 3. The maximum Gasteiger partial charge on any atom is 0.433 e. The van der Waals surface area contributed by atoms with Crippen molar-refractivity contribution < 1.29 is 31.5 Å². The Morgan fingerprint density at radius 2 is 1.66 bits per heavy atom. The molecule has 2 aromatic heterocycles. The van der Waals surface area contributed by atoms with E-state index in [9.17, 15) is 26.4 Å². The Balaban J connectivity index is 2.33. The highest BCUT2D eigenvalue weighted by Crippen LogP contribution is 2.42. The SMILES string of the molecule is NS(=O)(=O)c1ccc(-c2c(-c3ccncc3)nn(CC(=O)O)c2C(F)(F)F)cc1. The third kappa shape index (κ3) is 4.27. The molecule has 0 amide bonds. The minimum atomic E-state index is -4.93. The lowest BCUT2D eigenvalue weighted by Crippen LogP contribution is -2.19. The van der Waals surface area contributed by atoms with Crippen LogP contribution in [0.5, 0.6) is 0 Å². The van der Waals surface area contributed by atoms with Crippen LogP contribution < -0.4 is 5.14 Å². The molecule has 0 unspecified atom stereocenters. The summed E-state index contributed by atoms with van der Waals surface area (Å²) in [7, 11) is -4.04. The molecule has 2 heterocycles. The molecule has 0 atom stereocenters. The largest absolute Gasteiger partial charge is 0.480 e. The average molecular weight is 426 g/mol. The van der Waals surface area contributed by atoms with Gasteiger partial charge < -0.3 is 5.11 Å². The number of benzene rings is 1. The smallest absolute Gasteiger partial charge is 0.433 e. The van der Waals surface area contributed by atoms with Crippen LogP contribution in [-0.4, -0.2) is 34.3 Å². The number of rotatable bonds is 5. The molecule has 8 nitrogen and oxygen atoms in total. The molecule has 0 spiro atoms. The number of primary sulfonamides is 1. The summed E-state index contributed by atoms with van der Waals surface area (Å²) in [4.78, 5) is 14.6. The summed E-state index contributed by atoms with van der Waals surface area (Å²) in [6.45, 7) is -1.01. The van der Waals surface area contributed by atoms with E-state index in [2.05, 4.69) is 10.1 Å². The summed E-state index contributed by atoms with van der Waals surface area (Å²) < 4.78 is 64.8. The molecule has 3 rings (SSSR count). The van der Waals surface area contributed by atoms with E-state index in [1.54, 1.807) is 0 Å². The monoisotopic (exact) mass is 426 g/mol. The van der Waals surface area contributed by atoms with E-state index >= 15 is 0 Å². The van der Waals surface area contributed by atoms with Gasteiger partial charge in [0.15, 0.2) is 5.69 Å². The molecule has 29 heavy (non-hydrogen) atoms. The third-order valence-corrected chi connectivity index (χ3v) is 4.86. The molecule has 3 aromatic rings. The van der Waals surface area contributed by atoms with Crippen molar-refractivity contribution in [2.45, 2.75) is 17.6 Å². The number of aliphatic carboxylic acids is 1. The van der Waals surface area contributed by atoms with Crippen LogP contribution >= 0.6 is 0 Å². The Morgan fingerprint density at radius 1 is 1.07 bits per heavy atom. The first-order chi connectivity index (χ1) is 13.5. The lowest BCUT2D eigenvalue weighted by molar-refractivity contribution is -0.146. The molecule has 1 aromatic carbocycles. The standard InChI is InChI=1S/C17H13F3N4O4S/c18-17(19,20)16-14(10-1-3-12(4-2-10)29(21,27)28)15(11-5-7-22-8-6-11)23-24(16)9-13(25)26/h1-8H,9H2,(H,25,26)(H2,21,27,28). The van der Waals surface area contributed by atoms with Crippen molar-refractivity contribution in [3.8, 4) is 22.4 Å². The summed E-state index contributed by atoms with van der Waals surface area (Å²) >= 11 is 0. The maximum atomic E-state index is 13.9. The minimum Gasteiger partial charge on any atom is -0.480 e. The molecule has 0 bridgehead atoms. The van der Waals surface area contributed by atoms with Gasteiger partial charge in [0.25, 0.3) is 0 Å². The van der Waals surface area contributed by atoms with Gasteiger partial charge in [0.05, 0.1) is 4.90 Å². The molecule has 0 saturated heterocycles. The zero-order chi connectivity index (χ0) is 21.4. The normalized spacial score (nSPS) is 12.1. The second-order valence-electron chi connectivity index (χ2n) is 5.93. The highest BCUT2D eigenvalue weighted by Gasteiger charge is 2.41. The lowest BCUT2D eigenvalue weighted by Gasteiger charge is -2.12. The molecule has 0 saturated carbocycles. The first-order valence-corrected chi connectivity index (χ1v) is 9.46. The van der Waals surface area contributed by atoms with E-state index in [0.717, 1.165) is 24.3 Å². The van der Waals surface area contributed by atoms with Crippen molar-refractivity contribution in [3.63, 3.8) is 0 Å². The summed E-state index contributed by atoms with van der Waals surface area (Å²) in [6, 6.07) is 7.29. The maximum absolute atomic E-state index is 13.9. The van der Waals surface area contributed by atoms with Crippen LogP contribution in [0.15, 0.2) is 53.7 Å². The van der Waals surface area contributed by atoms with Crippen molar-refractivity contribution in [1.82, 2.24) is 14.8 Å². The zero-order valence-corrected chi connectivity index (χ0v) is 15.3. The summed E-state index contributed by atoms with van der Waals surface area (Å²) in [5.74, 6) is -1.50. The Hall–Kier alpha value is -3.25. The molecule has 0 aliphatic heterocycles. The van der Waals surface area contributed by atoms with E-state index in [1.165, 1.54) is 24.5 Å².